The monoisotopic (exact) mass is 801 g/mol. The summed E-state index contributed by atoms with van der Waals surface area (Å²) in [4.78, 5) is 32.2. The highest BCUT2D eigenvalue weighted by molar-refractivity contribution is 6.00. The SMILES string of the molecule is C[NH+]=C(N)NCC1C(CCC2CCC(N)[NH2+]C2)CC2C(=O)C3CC(OC)CC(OC4OC(O)(CO)C(O)(CCC5CC[NH2+]C(N)C5)C(O)C4O)C3C(=O)C2C1O. The fourth-order valence-corrected chi connectivity index (χ4v) is 11.1. The molecule has 3 saturated carbocycles. The summed E-state index contributed by atoms with van der Waals surface area (Å²) in [6.45, 7) is 0.871. The van der Waals surface area contributed by atoms with Crippen molar-refractivity contribution in [1.29, 1.82) is 0 Å². The smallest absolute Gasteiger partial charge is 0.340 e. The number of hydrogen-bond donors (Lipinski definition) is 13. The van der Waals surface area contributed by atoms with Gasteiger partial charge in [-0.1, -0.05) is 0 Å². The molecule has 0 radical (unpaired) electrons. The van der Waals surface area contributed by atoms with E-state index in [1.54, 1.807) is 7.05 Å². The number of fused-ring (bicyclic) bond motifs is 2. The number of nitrogens with two attached hydrogens (primary N) is 5. The second-order valence-corrected chi connectivity index (χ2v) is 17.8. The maximum Gasteiger partial charge on any atom is 0.340 e. The molecule has 0 aromatic carbocycles. The van der Waals surface area contributed by atoms with Crippen LogP contribution in [-0.2, 0) is 23.8 Å². The van der Waals surface area contributed by atoms with E-state index < -0.39 is 78.5 Å². The summed E-state index contributed by atoms with van der Waals surface area (Å²) in [5, 5.41) is 75.9. The minimum atomic E-state index is -2.74. The van der Waals surface area contributed by atoms with Gasteiger partial charge in [-0.25, -0.2) is 0 Å². The molecule has 3 aliphatic carbocycles. The van der Waals surface area contributed by atoms with E-state index in [-0.39, 0.29) is 60.9 Å². The number of aliphatic hydroxyl groups is 6. The Bertz CT molecular complexity index is 1390. The zero-order valence-electron chi connectivity index (χ0n) is 33.0. The Morgan fingerprint density at radius 2 is 1.68 bits per heavy atom. The van der Waals surface area contributed by atoms with Crippen LogP contribution >= 0.6 is 0 Å². The molecule has 6 fully saturated rings. The molecular weight excluding hydrogens is 730 g/mol. The second-order valence-electron chi connectivity index (χ2n) is 17.8. The normalized spacial score (nSPS) is 47.6. The van der Waals surface area contributed by atoms with Crippen molar-refractivity contribution in [2.45, 2.75) is 131 Å². The van der Waals surface area contributed by atoms with Gasteiger partial charge in [0.15, 0.2) is 6.29 Å². The lowest BCUT2D eigenvalue weighted by atomic mass is 9.53. The van der Waals surface area contributed by atoms with Crippen molar-refractivity contribution in [1.82, 2.24) is 5.32 Å². The van der Waals surface area contributed by atoms with Crippen LogP contribution in [0.25, 0.3) is 0 Å². The van der Waals surface area contributed by atoms with E-state index in [1.807, 2.05) is 5.32 Å². The summed E-state index contributed by atoms with van der Waals surface area (Å²) >= 11 is 0. The van der Waals surface area contributed by atoms with Crippen LogP contribution in [0, 0.1) is 47.3 Å². The van der Waals surface area contributed by atoms with E-state index in [1.165, 1.54) is 7.11 Å². The van der Waals surface area contributed by atoms with Gasteiger partial charge in [0, 0.05) is 50.0 Å². The first-order valence-electron chi connectivity index (χ1n) is 20.9. The zero-order valence-corrected chi connectivity index (χ0v) is 33.0. The number of ketones is 2. The number of hydrogen-bond acceptors (Lipinski definition) is 13. The summed E-state index contributed by atoms with van der Waals surface area (Å²) < 4.78 is 17.8. The van der Waals surface area contributed by atoms with Crippen molar-refractivity contribution in [3.63, 3.8) is 0 Å². The highest BCUT2D eigenvalue weighted by Crippen LogP contribution is 2.52. The first-order chi connectivity index (χ1) is 26.6. The minimum Gasteiger partial charge on any atom is -0.392 e. The number of guanidine groups is 1. The van der Waals surface area contributed by atoms with Gasteiger partial charge in [-0.2, -0.15) is 0 Å². The van der Waals surface area contributed by atoms with Crippen LogP contribution in [0.15, 0.2) is 0 Å². The van der Waals surface area contributed by atoms with Crippen LogP contribution in [0.1, 0.15) is 70.6 Å². The van der Waals surface area contributed by atoms with Gasteiger partial charge in [-0.15, -0.1) is 0 Å². The van der Waals surface area contributed by atoms with Gasteiger partial charge >= 0.3 is 5.96 Å². The molecule has 18 unspecified atom stereocenters. The van der Waals surface area contributed by atoms with Crippen molar-refractivity contribution in [2.75, 3.05) is 40.4 Å². The number of methoxy groups -OCH3 is 1. The number of rotatable bonds is 12. The Labute approximate surface area is 328 Å². The Kier molecular flexibility index (Phi) is 14.2. The van der Waals surface area contributed by atoms with E-state index >= 15 is 0 Å². The topological polar surface area (TPSA) is 320 Å². The van der Waals surface area contributed by atoms with E-state index in [0.717, 1.165) is 45.2 Å². The third kappa shape index (κ3) is 8.69. The molecule has 320 valence electrons. The van der Waals surface area contributed by atoms with Crippen LogP contribution in [0.2, 0.25) is 0 Å². The Balaban J connectivity index is 1.21. The number of quaternary nitrogens is 2. The molecule has 3 aliphatic heterocycles. The molecule has 0 spiro atoms. The fraction of sp³-hybridized carbons (Fsp3) is 0.921. The molecule has 3 heterocycles. The summed E-state index contributed by atoms with van der Waals surface area (Å²) in [5.74, 6) is -6.38. The first kappa shape index (κ1) is 43.7. The van der Waals surface area contributed by atoms with E-state index in [9.17, 15) is 40.2 Å². The molecule has 18 atom stereocenters. The molecule has 0 aromatic rings. The predicted molar refractivity (Wildman–Crippen MR) is 198 cm³/mol. The summed E-state index contributed by atoms with van der Waals surface area (Å²) in [7, 11) is 3.18. The average molecular weight is 801 g/mol. The second kappa shape index (κ2) is 18.1. The molecule has 6 aliphatic rings. The molecule has 3 saturated heterocycles. The third-order valence-electron chi connectivity index (χ3n) is 14.6. The first-order valence-corrected chi connectivity index (χ1v) is 20.9. The van der Waals surface area contributed by atoms with Gasteiger partial charge < -0.3 is 55.5 Å². The Morgan fingerprint density at radius 1 is 0.929 bits per heavy atom. The molecule has 18 N–H and O–H groups in total. The van der Waals surface area contributed by atoms with Gasteiger partial charge in [0.05, 0.1) is 56.8 Å². The maximum absolute atomic E-state index is 14.8. The van der Waals surface area contributed by atoms with Gasteiger partial charge in [0.2, 0.25) is 5.79 Å². The number of carbonyl (C=O) groups excluding carboxylic acids is 2. The molecular formula is C38H70N7O11+3. The average Bonchev–Trinajstić information content (AvgIpc) is 3.19. The summed E-state index contributed by atoms with van der Waals surface area (Å²) in [6.07, 6.45) is -2.47. The van der Waals surface area contributed by atoms with Crippen molar-refractivity contribution in [3.05, 3.63) is 0 Å². The lowest BCUT2D eigenvalue weighted by molar-refractivity contribution is -0.703. The molecule has 0 bridgehead atoms. The van der Waals surface area contributed by atoms with Crippen LogP contribution in [-0.4, -0.2) is 149 Å². The van der Waals surface area contributed by atoms with Crippen LogP contribution < -0.4 is 38.1 Å². The lowest BCUT2D eigenvalue weighted by Gasteiger charge is -2.55. The van der Waals surface area contributed by atoms with Gasteiger partial charge in [-0.05, 0) is 63.2 Å². The van der Waals surface area contributed by atoms with Crippen LogP contribution in [0.4, 0.5) is 0 Å². The van der Waals surface area contributed by atoms with Gasteiger partial charge in [-0.3, -0.25) is 37.1 Å². The Morgan fingerprint density at radius 3 is 2.34 bits per heavy atom. The quantitative estimate of drug-likeness (QED) is 0.0645. The fourth-order valence-electron chi connectivity index (χ4n) is 11.1. The number of aliphatic hydroxyl groups excluding tert-OH is 4. The number of carbonyl (C=O) groups is 2. The summed E-state index contributed by atoms with van der Waals surface area (Å²) in [6, 6.07) is 0. The van der Waals surface area contributed by atoms with Gasteiger partial charge in [0.25, 0.3) is 0 Å². The highest BCUT2D eigenvalue weighted by Gasteiger charge is 2.65. The van der Waals surface area contributed by atoms with Crippen molar-refractivity contribution in [2.24, 2.45) is 64.5 Å². The summed E-state index contributed by atoms with van der Waals surface area (Å²) in [5.41, 5.74) is 15.8. The molecule has 18 heteroatoms. The Hall–Kier alpha value is -1.91. The highest BCUT2D eigenvalue weighted by atomic mass is 16.8. The number of nitrogens with one attached hydrogen (secondary N) is 2. The number of Topliss-reactive ketones (excluding diaryl/α,β-unsaturated/α-hetero) is 2. The maximum atomic E-state index is 14.8. The number of ether oxygens (including phenoxy) is 3. The molecule has 6 rings (SSSR count). The van der Waals surface area contributed by atoms with Crippen LogP contribution in [0.3, 0.4) is 0 Å². The minimum absolute atomic E-state index is 0.0588. The molecule has 0 aromatic heterocycles. The third-order valence-corrected chi connectivity index (χ3v) is 14.6. The lowest BCUT2D eigenvalue weighted by Crippen LogP contribution is -2.95. The number of piperidine rings is 2. The van der Waals surface area contributed by atoms with Crippen molar-refractivity contribution < 1.29 is 70.1 Å². The van der Waals surface area contributed by atoms with Crippen LogP contribution in [0.5, 0.6) is 0 Å². The zero-order chi connectivity index (χ0) is 40.5. The largest absolute Gasteiger partial charge is 0.392 e. The van der Waals surface area contributed by atoms with Crippen molar-refractivity contribution in [3.8, 4) is 0 Å². The molecule has 0 amide bonds. The standard InChI is InChI=1S/C38H67N7O11/c1-42-36(41)45-16-24-20(5-3-19-4-6-26(39)44-15-19)12-22-29(31(24)48)32(49)28-23(30(22)47)13-21(54-2)14-25(28)55-35-33(50)34(51)37(52,38(53,17-46)56-35)9-7-18-8-10-43-27(40)11-18/h18-29,31,33-35,43-44,46,48,50-53H,3-17,39-40H2,1-2H3,(H3,41,42,45)/p+3. The molecule has 18 nitrogen and oxygen atoms in total. The van der Waals surface area contributed by atoms with Crippen molar-refractivity contribution >= 4 is 17.5 Å². The van der Waals surface area contributed by atoms with E-state index in [2.05, 4.69) is 15.6 Å². The predicted octanol–water partition coefficient (Wildman–Crippen LogP) is -7.02. The van der Waals surface area contributed by atoms with E-state index in [4.69, 9.17) is 31.4 Å². The van der Waals surface area contributed by atoms with Gasteiger partial charge in [0.1, 0.15) is 48.3 Å². The van der Waals surface area contributed by atoms with E-state index in [0.29, 0.717) is 37.7 Å². The molecule has 56 heavy (non-hydrogen) atoms.